The Labute approximate surface area is 117 Å². The molecule has 2 aliphatic carbocycles. The molecule has 0 amide bonds. The van der Waals surface area contributed by atoms with Crippen molar-refractivity contribution < 1.29 is 9.59 Å². The lowest BCUT2D eigenvalue weighted by molar-refractivity contribution is 0.0705. The molecular weight excluding hydrogens is 248 g/mol. The lowest BCUT2D eigenvalue weighted by Crippen LogP contribution is -2.34. The van der Waals surface area contributed by atoms with Crippen molar-refractivity contribution in [2.45, 2.75) is 19.8 Å². The highest BCUT2D eigenvalue weighted by atomic mass is 16.2. The van der Waals surface area contributed by atoms with Gasteiger partial charge in [0.1, 0.15) is 5.41 Å². The first-order valence-corrected chi connectivity index (χ1v) is 6.89. The molecule has 0 radical (unpaired) electrons. The summed E-state index contributed by atoms with van der Waals surface area (Å²) in [4.78, 5) is 25.6. The Kier molecular flexibility index (Phi) is 2.12. The number of hydrogen-bond acceptors (Lipinski definition) is 2. The van der Waals surface area contributed by atoms with Gasteiger partial charge < -0.3 is 0 Å². The van der Waals surface area contributed by atoms with Crippen LogP contribution in [0.5, 0.6) is 0 Å². The van der Waals surface area contributed by atoms with Crippen molar-refractivity contribution >= 4 is 11.6 Å². The van der Waals surface area contributed by atoms with Gasteiger partial charge in [-0.3, -0.25) is 9.59 Å². The molecule has 0 saturated carbocycles. The first-order valence-electron chi connectivity index (χ1n) is 6.89. The smallest absolute Gasteiger partial charge is 0.177 e. The maximum absolute atomic E-state index is 12.8. The zero-order valence-electron chi connectivity index (χ0n) is 11.3. The maximum atomic E-state index is 12.8. The van der Waals surface area contributed by atoms with Crippen molar-refractivity contribution in [3.8, 4) is 0 Å². The monoisotopic (exact) mass is 262 g/mol. The van der Waals surface area contributed by atoms with E-state index in [-0.39, 0.29) is 11.6 Å². The molecule has 0 N–H and O–H groups in total. The highest BCUT2D eigenvalue weighted by Crippen LogP contribution is 2.47. The zero-order valence-corrected chi connectivity index (χ0v) is 11.3. The third-order valence-electron chi connectivity index (χ3n) is 4.62. The summed E-state index contributed by atoms with van der Waals surface area (Å²) in [6, 6.07) is 13.5. The SMILES string of the molecule is Cc1ccc2c(c1)C[C@]1(Cc3ccccc3C1=O)C2=O. The molecule has 1 spiro atoms. The minimum atomic E-state index is -0.861. The topological polar surface area (TPSA) is 34.1 Å². The van der Waals surface area contributed by atoms with Crippen LogP contribution in [-0.4, -0.2) is 11.6 Å². The second-order valence-electron chi connectivity index (χ2n) is 5.91. The van der Waals surface area contributed by atoms with Crippen LogP contribution in [0.4, 0.5) is 0 Å². The van der Waals surface area contributed by atoms with Crippen molar-refractivity contribution in [2.75, 3.05) is 0 Å². The third kappa shape index (κ3) is 1.29. The van der Waals surface area contributed by atoms with Gasteiger partial charge in [-0.15, -0.1) is 0 Å². The van der Waals surface area contributed by atoms with Crippen LogP contribution in [-0.2, 0) is 12.8 Å². The molecule has 0 saturated heterocycles. The van der Waals surface area contributed by atoms with E-state index in [1.165, 1.54) is 0 Å². The molecule has 98 valence electrons. The minimum Gasteiger partial charge on any atom is -0.293 e. The number of carbonyl (C=O) groups excluding carboxylic acids is 2. The van der Waals surface area contributed by atoms with Crippen molar-refractivity contribution in [3.63, 3.8) is 0 Å². The Morgan fingerprint density at radius 3 is 2.25 bits per heavy atom. The van der Waals surface area contributed by atoms with E-state index in [9.17, 15) is 9.59 Å². The summed E-state index contributed by atoms with van der Waals surface area (Å²) >= 11 is 0. The van der Waals surface area contributed by atoms with Gasteiger partial charge in [-0.2, -0.15) is 0 Å². The highest BCUT2D eigenvalue weighted by molar-refractivity contribution is 6.24. The number of hydrogen-bond donors (Lipinski definition) is 0. The normalized spacial score (nSPS) is 23.2. The molecule has 1 atom stereocenters. The molecule has 2 nitrogen and oxygen atoms in total. The van der Waals surface area contributed by atoms with Crippen molar-refractivity contribution in [2.24, 2.45) is 5.41 Å². The van der Waals surface area contributed by atoms with Crippen LogP contribution in [0.15, 0.2) is 42.5 Å². The number of fused-ring (bicyclic) bond motifs is 2. The maximum Gasteiger partial charge on any atom is 0.177 e. The molecule has 4 rings (SSSR count). The van der Waals surface area contributed by atoms with Gasteiger partial charge in [0.2, 0.25) is 0 Å². The van der Waals surface area contributed by atoms with Gasteiger partial charge in [0, 0.05) is 11.1 Å². The quantitative estimate of drug-likeness (QED) is 0.683. The summed E-state index contributed by atoms with van der Waals surface area (Å²) in [6.45, 7) is 2.01. The second-order valence-corrected chi connectivity index (χ2v) is 5.91. The van der Waals surface area contributed by atoms with E-state index >= 15 is 0 Å². The van der Waals surface area contributed by atoms with Crippen LogP contribution in [0.25, 0.3) is 0 Å². The summed E-state index contributed by atoms with van der Waals surface area (Å²) in [5.74, 6) is 0.0145. The molecule has 20 heavy (non-hydrogen) atoms. The molecule has 0 aliphatic heterocycles. The summed E-state index contributed by atoms with van der Waals surface area (Å²) in [5.41, 5.74) is 3.77. The van der Waals surface area contributed by atoms with E-state index in [1.54, 1.807) is 0 Å². The molecule has 0 heterocycles. The standard InChI is InChI=1S/C18H14O2/c1-11-6-7-15-13(8-11)10-18(17(15)20)9-12-4-2-3-5-14(12)16(18)19/h2-8H,9-10H2,1H3/t18-/m0/s1. The fourth-order valence-corrected chi connectivity index (χ4v) is 3.64. The summed E-state index contributed by atoms with van der Waals surface area (Å²) in [6.07, 6.45) is 1.10. The second kappa shape index (κ2) is 3.66. The zero-order chi connectivity index (χ0) is 13.9. The Hall–Kier alpha value is -2.22. The first-order chi connectivity index (χ1) is 9.62. The molecule has 2 aliphatic rings. The number of ketones is 2. The van der Waals surface area contributed by atoms with Crippen LogP contribution in [0, 0.1) is 12.3 Å². The van der Waals surface area contributed by atoms with E-state index in [2.05, 4.69) is 0 Å². The van der Waals surface area contributed by atoms with Gasteiger partial charge in [-0.1, -0.05) is 48.0 Å². The van der Waals surface area contributed by atoms with Crippen LogP contribution in [0.2, 0.25) is 0 Å². The lowest BCUT2D eigenvalue weighted by atomic mass is 9.80. The molecular formula is C18H14O2. The highest BCUT2D eigenvalue weighted by Gasteiger charge is 2.55. The van der Waals surface area contributed by atoms with E-state index in [0.717, 1.165) is 27.8 Å². The largest absolute Gasteiger partial charge is 0.293 e. The molecule has 0 unspecified atom stereocenters. The number of rotatable bonds is 0. The number of Topliss-reactive ketones (excluding diaryl/α,β-unsaturated/α-hetero) is 2. The van der Waals surface area contributed by atoms with Gasteiger partial charge in [-0.25, -0.2) is 0 Å². The molecule has 2 heteroatoms. The molecule has 2 aromatic carbocycles. The summed E-state index contributed by atoms with van der Waals surface area (Å²) in [5, 5.41) is 0. The Morgan fingerprint density at radius 1 is 0.850 bits per heavy atom. The Bertz CT molecular complexity index is 773. The molecule has 0 aromatic heterocycles. The fraction of sp³-hybridized carbons (Fsp3) is 0.222. The average Bonchev–Trinajstić information content (AvgIpc) is 2.87. The van der Waals surface area contributed by atoms with E-state index in [1.807, 2.05) is 49.4 Å². The summed E-state index contributed by atoms with van der Waals surface area (Å²) < 4.78 is 0. The van der Waals surface area contributed by atoms with Gasteiger partial charge in [-0.05, 0) is 30.9 Å². The van der Waals surface area contributed by atoms with Crippen molar-refractivity contribution in [1.82, 2.24) is 0 Å². The molecule has 0 bridgehead atoms. The van der Waals surface area contributed by atoms with Crippen LogP contribution in [0.3, 0.4) is 0 Å². The van der Waals surface area contributed by atoms with Gasteiger partial charge in [0.05, 0.1) is 0 Å². The van der Waals surface area contributed by atoms with Crippen molar-refractivity contribution in [3.05, 3.63) is 70.3 Å². The van der Waals surface area contributed by atoms with E-state index in [0.29, 0.717) is 12.8 Å². The first kappa shape index (κ1) is 11.6. The lowest BCUT2D eigenvalue weighted by Gasteiger charge is -2.18. The molecule has 0 fully saturated rings. The van der Waals surface area contributed by atoms with Crippen molar-refractivity contribution in [1.29, 1.82) is 0 Å². The van der Waals surface area contributed by atoms with Crippen LogP contribution in [0.1, 0.15) is 37.4 Å². The van der Waals surface area contributed by atoms with E-state index < -0.39 is 5.41 Å². The Balaban J connectivity index is 1.87. The van der Waals surface area contributed by atoms with Gasteiger partial charge in [0.15, 0.2) is 11.6 Å². The van der Waals surface area contributed by atoms with E-state index in [4.69, 9.17) is 0 Å². The minimum absolute atomic E-state index is 0.00644. The van der Waals surface area contributed by atoms with Gasteiger partial charge in [0.25, 0.3) is 0 Å². The fourth-order valence-electron chi connectivity index (χ4n) is 3.64. The third-order valence-corrected chi connectivity index (χ3v) is 4.62. The van der Waals surface area contributed by atoms with Gasteiger partial charge >= 0.3 is 0 Å². The van der Waals surface area contributed by atoms with Crippen LogP contribution < -0.4 is 0 Å². The number of benzene rings is 2. The predicted octanol–water partition coefficient (Wildman–Crippen LogP) is 3.16. The Morgan fingerprint density at radius 2 is 1.50 bits per heavy atom. The van der Waals surface area contributed by atoms with Crippen LogP contribution >= 0.6 is 0 Å². The molecule has 2 aromatic rings. The predicted molar refractivity (Wildman–Crippen MR) is 76.1 cm³/mol. The summed E-state index contributed by atoms with van der Waals surface area (Å²) in [7, 11) is 0. The number of carbonyl (C=O) groups is 2. The average molecular weight is 262 g/mol. The number of aryl methyl sites for hydroxylation is 1.